The van der Waals surface area contributed by atoms with E-state index in [1.807, 2.05) is 13.1 Å². The van der Waals surface area contributed by atoms with Crippen molar-refractivity contribution in [2.75, 3.05) is 26.7 Å². The molecule has 1 aliphatic carbocycles. The molecule has 0 heterocycles. The molecule has 0 aromatic heterocycles. The summed E-state index contributed by atoms with van der Waals surface area (Å²) in [5, 5.41) is 18.9. The van der Waals surface area contributed by atoms with Crippen molar-refractivity contribution in [1.29, 1.82) is 5.26 Å². The maximum absolute atomic E-state index is 9.93. The van der Waals surface area contributed by atoms with E-state index >= 15 is 0 Å². The summed E-state index contributed by atoms with van der Waals surface area (Å²) in [5.74, 6) is 1.35. The molecule has 1 N–H and O–H groups in total. The van der Waals surface area contributed by atoms with Crippen LogP contribution >= 0.6 is 0 Å². The largest absolute Gasteiger partial charge is 0.489 e. The number of para-hydroxylation sites is 1. The molecule has 1 aliphatic rings. The molecule has 2 rings (SSSR count). The molecule has 1 aromatic rings. The number of hydrogen-bond donors (Lipinski definition) is 1. The van der Waals surface area contributed by atoms with Crippen molar-refractivity contribution in [2.45, 2.75) is 18.9 Å². The van der Waals surface area contributed by atoms with Gasteiger partial charge in [-0.3, -0.25) is 0 Å². The SMILES string of the molecule is CN(CC(O)COc1ccccc1C#N)CC1CC1. The van der Waals surface area contributed by atoms with Gasteiger partial charge >= 0.3 is 0 Å². The smallest absolute Gasteiger partial charge is 0.137 e. The van der Waals surface area contributed by atoms with E-state index in [4.69, 9.17) is 10.00 Å². The van der Waals surface area contributed by atoms with E-state index in [1.54, 1.807) is 18.2 Å². The number of hydrogen-bond acceptors (Lipinski definition) is 4. The summed E-state index contributed by atoms with van der Waals surface area (Å²) in [4.78, 5) is 2.14. The molecule has 0 saturated heterocycles. The second-order valence-electron chi connectivity index (χ2n) is 5.24. The number of rotatable bonds is 7. The van der Waals surface area contributed by atoms with Gasteiger partial charge in [0.25, 0.3) is 0 Å². The van der Waals surface area contributed by atoms with Crippen LogP contribution < -0.4 is 4.74 Å². The third-order valence-electron chi connectivity index (χ3n) is 3.23. The van der Waals surface area contributed by atoms with Crippen molar-refractivity contribution in [3.8, 4) is 11.8 Å². The Morgan fingerprint density at radius 3 is 2.89 bits per heavy atom. The van der Waals surface area contributed by atoms with Gasteiger partial charge in [0, 0.05) is 13.1 Å². The molecule has 4 nitrogen and oxygen atoms in total. The number of nitrogens with zero attached hydrogens (tertiary/aromatic N) is 2. The molecule has 0 amide bonds. The number of ether oxygens (including phenoxy) is 1. The lowest BCUT2D eigenvalue weighted by molar-refractivity contribution is 0.0750. The van der Waals surface area contributed by atoms with Crippen molar-refractivity contribution in [1.82, 2.24) is 4.90 Å². The molecular weight excluding hydrogens is 240 g/mol. The Morgan fingerprint density at radius 1 is 1.47 bits per heavy atom. The van der Waals surface area contributed by atoms with Crippen LogP contribution in [0.15, 0.2) is 24.3 Å². The van der Waals surface area contributed by atoms with Crippen molar-refractivity contribution in [2.24, 2.45) is 5.92 Å². The fourth-order valence-corrected chi connectivity index (χ4v) is 2.10. The van der Waals surface area contributed by atoms with Crippen molar-refractivity contribution in [3.63, 3.8) is 0 Å². The van der Waals surface area contributed by atoms with E-state index in [2.05, 4.69) is 11.0 Å². The zero-order valence-corrected chi connectivity index (χ0v) is 11.2. The van der Waals surface area contributed by atoms with E-state index in [1.165, 1.54) is 12.8 Å². The average Bonchev–Trinajstić information content (AvgIpc) is 3.20. The van der Waals surface area contributed by atoms with Gasteiger partial charge in [-0.1, -0.05) is 12.1 Å². The van der Waals surface area contributed by atoms with Gasteiger partial charge in [-0.25, -0.2) is 0 Å². The number of likely N-dealkylation sites (N-methyl/N-ethyl adjacent to an activating group) is 1. The second kappa shape index (κ2) is 6.55. The van der Waals surface area contributed by atoms with Crippen LogP contribution in [0.3, 0.4) is 0 Å². The van der Waals surface area contributed by atoms with E-state index in [0.29, 0.717) is 17.9 Å². The molecule has 102 valence electrons. The molecular formula is C15H20N2O2. The fraction of sp³-hybridized carbons (Fsp3) is 0.533. The van der Waals surface area contributed by atoms with Gasteiger partial charge in [0.15, 0.2) is 0 Å². The van der Waals surface area contributed by atoms with Crippen molar-refractivity contribution in [3.05, 3.63) is 29.8 Å². The predicted molar refractivity (Wildman–Crippen MR) is 72.9 cm³/mol. The topological polar surface area (TPSA) is 56.5 Å². The Bertz CT molecular complexity index is 452. The van der Waals surface area contributed by atoms with E-state index in [0.717, 1.165) is 12.5 Å². The summed E-state index contributed by atoms with van der Waals surface area (Å²) in [6.07, 6.45) is 2.09. The molecule has 1 saturated carbocycles. The molecule has 1 fully saturated rings. The van der Waals surface area contributed by atoms with Crippen LogP contribution in [0.25, 0.3) is 0 Å². The minimum absolute atomic E-state index is 0.216. The molecule has 0 spiro atoms. The highest BCUT2D eigenvalue weighted by molar-refractivity contribution is 5.42. The summed E-state index contributed by atoms with van der Waals surface area (Å²) in [6.45, 7) is 1.87. The van der Waals surface area contributed by atoms with Crippen LogP contribution in [0.5, 0.6) is 5.75 Å². The Hall–Kier alpha value is -1.57. The highest BCUT2D eigenvalue weighted by Gasteiger charge is 2.23. The number of aliphatic hydroxyl groups excluding tert-OH is 1. The maximum atomic E-state index is 9.93. The number of aliphatic hydroxyl groups is 1. The van der Waals surface area contributed by atoms with Gasteiger partial charge in [-0.2, -0.15) is 5.26 Å². The zero-order valence-electron chi connectivity index (χ0n) is 11.2. The highest BCUT2D eigenvalue weighted by atomic mass is 16.5. The molecule has 0 aliphatic heterocycles. The quantitative estimate of drug-likeness (QED) is 0.809. The first-order valence-electron chi connectivity index (χ1n) is 6.67. The van der Waals surface area contributed by atoms with Gasteiger partial charge < -0.3 is 14.7 Å². The van der Waals surface area contributed by atoms with E-state index in [9.17, 15) is 5.11 Å². The molecule has 1 atom stereocenters. The maximum Gasteiger partial charge on any atom is 0.137 e. The lowest BCUT2D eigenvalue weighted by Gasteiger charge is -2.20. The molecule has 0 radical (unpaired) electrons. The fourth-order valence-electron chi connectivity index (χ4n) is 2.10. The van der Waals surface area contributed by atoms with Crippen LogP contribution in [-0.2, 0) is 0 Å². The van der Waals surface area contributed by atoms with Gasteiger partial charge in [0.2, 0.25) is 0 Å². The first kappa shape index (κ1) is 13.9. The first-order chi connectivity index (χ1) is 9.19. The molecule has 1 aromatic carbocycles. The average molecular weight is 260 g/mol. The van der Waals surface area contributed by atoms with E-state index < -0.39 is 6.10 Å². The Labute approximate surface area is 114 Å². The van der Waals surface area contributed by atoms with Gasteiger partial charge in [-0.05, 0) is 37.9 Å². The Morgan fingerprint density at radius 2 is 2.21 bits per heavy atom. The van der Waals surface area contributed by atoms with Gasteiger partial charge in [0.05, 0.1) is 5.56 Å². The second-order valence-corrected chi connectivity index (χ2v) is 5.24. The van der Waals surface area contributed by atoms with Crippen LogP contribution in [0.2, 0.25) is 0 Å². The minimum atomic E-state index is -0.532. The summed E-state index contributed by atoms with van der Waals surface area (Å²) >= 11 is 0. The Balaban J connectivity index is 1.76. The summed E-state index contributed by atoms with van der Waals surface area (Å²) in [5.41, 5.74) is 0.501. The summed E-state index contributed by atoms with van der Waals surface area (Å²) < 4.78 is 5.51. The third-order valence-corrected chi connectivity index (χ3v) is 3.23. The van der Waals surface area contributed by atoms with Crippen LogP contribution in [0, 0.1) is 17.2 Å². The first-order valence-corrected chi connectivity index (χ1v) is 6.67. The van der Waals surface area contributed by atoms with Crippen molar-refractivity contribution >= 4 is 0 Å². The van der Waals surface area contributed by atoms with Crippen molar-refractivity contribution < 1.29 is 9.84 Å². The van der Waals surface area contributed by atoms with Crippen LogP contribution in [-0.4, -0.2) is 42.9 Å². The van der Waals surface area contributed by atoms with Gasteiger partial charge in [-0.15, -0.1) is 0 Å². The minimum Gasteiger partial charge on any atom is -0.489 e. The standard InChI is InChI=1S/C15H20N2O2/c1-17(9-12-6-7-12)10-14(18)11-19-15-5-3-2-4-13(15)8-16/h2-5,12,14,18H,6-7,9-11H2,1H3. The molecule has 4 heteroatoms. The summed E-state index contributed by atoms with van der Waals surface area (Å²) in [6, 6.07) is 9.15. The van der Waals surface area contributed by atoms with Crippen LogP contribution in [0.1, 0.15) is 18.4 Å². The predicted octanol–water partition coefficient (Wildman–Crippen LogP) is 1.64. The molecule has 0 bridgehead atoms. The summed E-state index contributed by atoms with van der Waals surface area (Å²) in [7, 11) is 2.02. The third kappa shape index (κ3) is 4.55. The monoisotopic (exact) mass is 260 g/mol. The Kier molecular flexibility index (Phi) is 4.78. The number of benzene rings is 1. The van der Waals surface area contributed by atoms with Gasteiger partial charge in [0.1, 0.15) is 24.5 Å². The lowest BCUT2D eigenvalue weighted by atomic mass is 10.2. The highest BCUT2D eigenvalue weighted by Crippen LogP contribution is 2.29. The van der Waals surface area contributed by atoms with Crippen LogP contribution in [0.4, 0.5) is 0 Å². The van der Waals surface area contributed by atoms with E-state index in [-0.39, 0.29) is 6.61 Å². The lowest BCUT2D eigenvalue weighted by Crippen LogP contribution is -2.34. The number of nitriles is 1. The normalized spacial score (nSPS) is 16.1. The zero-order chi connectivity index (χ0) is 13.7. The molecule has 19 heavy (non-hydrogen) atoms. The molecule has 1 unspecified atom stereocenters.